The standard InChI is InChI=1S/C19H20O4/c1-4-23-18-13-14(6-12-19(20)22-3)5-11-17(18)15-7-9-16(21-2)10-8-15/h5-13H,4H2,1-3H3/b12-6+. The fourth-order valence-electron chi connectivity index (χ4n) is 2.16. The van der Waals surface area contributed by atoms with Crippen LogP contribution in [0, 0.1) is 0 Å². The molecule has 0 radical (unpaired) electrons. The molecule has 23 heavy (non-hydrogen) atoms. The van der Waals surface area contributed by atoms with Gasteiger partial charge in [0, 0.05) is 11.6 Å². The van der Waals surface area contributed by atoms with Crippen LogP contribution < -0.4 is 9.47 Å². The van der Waals surface area contributed by atoms with Crippen LogP contribution in [-0.4, -0.2) is 26.8 Å². The third-order valence-corrected chi connectivity index (χ3v) is 3.32. The average molecular weight is 312 g/mol. The first kappa shape index (κ1) is 16.6. The Balaban J connectivity index is 2.35. The van der Waals surface area contributed by atoms with Gasteiger partial charge in [-0.1, -0.05) is 24.3 Å². The van der Waals surface area contributed by atoms with Crippen molar-refractivity contribution in [3.05, 3.63) is 54.1 Å². The van der Waals surface area contributed by atoms with Crippen molar-refractivity contribution in [2.45, 2.75) is 6.92 Å². The van der Waals surface area contributed by atoms with Crippen molar-refractivity contribution >= 4 is 12.0 Å². The van der Waals surface area contributed by atoms with Crippen molar-refractivity contribution < 1.29 is 19.0 Å². The largest absolute Gasteiger partial charge is 0.497 e. The number of ether oxygens (including phenoxy) is 3. The predicted octanol–water partition coefficient (Wildman–Crippen LogP) is 3.95. The van der Waals surface area contributed by atoms with Gasteiger partial charge < -0.3 is 14.2 Å². The minimum Gasteiger partial charge on any atom is -0.497 e. The predicted molar refractivity (Wildman–Crippen MR) is 90.6 cm³/mol. The van der Waals surface area contributed by atoms with Gasteiger partial charge in [-0.3, -0.25) is 0 Å². The van der Waals surface area contributed by atoms with Gasteiger partial charge in [0.1, 0.15) is 11.5 Å². The van der Waals surface area contributed by atoms with Gasteiger partial charge in [-0.05, 0) is 42.3 Å². The zero-order valence-corrected chi connectivity index (χ0v) is 13.5. The molecule has 0 aliphatic carbocycles. The van der Waals surface area contributed by atoms with Crippen molar-refractivity contribution in [3.8, 4) is 22.6 Å². The molecule has 0 aromatic heterocycles. The second kappa shape index (κ2) is 8.03. The summed E-state index contributed by atoms with van der Waals surface area (Å²) in [5.74, 6) is 1.19. The van der Waals surface area contributed by atoms with Crippen LogP contribution >= 0.6 is 0 Å². The van der Waals surface area contributed by atoms with Gasteiger partial charge in [0.2, 0.25) is 0 Å². The summed E-state index contributed by atoms with van der Waals surface area (Å²) in [6, 6.07) is 13.6. The van der Waals surface area contributed by atoms with Gasteiger partial charge in [-0.25, -0.2) is 4.79 Å². The molecule has 0 spiro atoms. The summed E-state index contributed by atoms with van der Waals surface area (Å²) in [7, 11) is 2.99. The highest BCUT2D eigenvalue weighted by molar-refractivity contribution is 5.87. The Labute approximate surface area is 136 Å². The van der Waals surface area contributed by atoms with Crippen LogP contribution in [0.5, 0.6) is 11.5 Å². The Hall–Kier alpha value is -2.75. The molecule has 0 amide bonds. The fourth-order valence-corrected chi connectivity index (χ4v) is 2.16. The summed E-state index contributed by atoms with van der Waals surface area (Å²) in [6.45, 7) is 2.50. The van der Waals surface area contributed by atoms with Gasteiger partial charge in [0.25, 0.3) is 0 Å². The molecule has 2 aromatic rings. The summed E-state index contributed by atoms with van der Waals surface area (Å²) in [6.07, 6.45) is 3.09. The molecule has 2 rings (SSSR count). The molecular formula is C19H20O4. The highest BCUT2D eigenvalue weighted by atomic mass is 16.5. The average Bonchev–Trinajstić information content (AvgIpc) is 2.60. The third-order valence-electron chi connectivity index (χ3n) is 3.32. The molecule has 0 heterocycles. The highest BCUT2D eigenvalue weighted by Gasteiger charge is 2.07. The van der Waals surface area contributed by atoms with E-state index < -0.39 is 0 Å². The minimum absolute atomic E-state index is 0.387. The lowest BCUT2D eigenvalue weighted by atomic mass is 10.0. The quantitative estimate of drug-likeness (QED) is 0.598. The smallest absolute Gasteiger partial charge is 0.330 e. The van der Waals surface area contributed by atoms with Gasteiger partial charge in [-0.15, -0.1) is 0 Å². The zero-order valence-electron chi connectivity index (χ0n) is 13.5. The molecule has 0 saturated carbocycles. The summed E-state index contributed by atoms with van der Waals surface area (Å²) in [4.78, 5) is 11.2. The van der Waals surface area contributed by atoms with E-state index in [4.69, 9.17) is 9.47 Å². The van der Waals surface area contributed by atoms with Crippen LogP contribution in [0.3, 0.4) is 0 Å². The highest BCUT2D eigenvalue weighted by Crippen LogP contribution is 2.32. The van der Waals surface area contributed by atoms with Crippen molar-refractivity contribution in [3.63, 3.8) is 0 Å². The van der Waals surface area contributed by atoms with Gasteiger partial charge in [0.05, 0.1) is 20.8 Å². The first-order valence-electron chi connectivity index (χ1n) is 7.35. The van der Waals surface area contributed by atoms with Crippen LogP contribution in [-0.2, 0) is 9.53 Å². The monoisotopic (exact) mass is 312 g/mol. The van der Waals surface area contributed by atoms with Gasteiger partial charge >= 0.3 is 5.97 Å². The maximum atomic E-state index is 11.2. The molecule has 2 aromatic carbocycles. The van der Waals surface area contributed by atoms with E-state index in [0.717, 1.165) is 28.2 Å². The normalized spacial score (nSPS) is 10.6. The number of carbonyl (C=O) groups excluding carboxylic acids is 1. The van der Waals surface area contributed by atoms with Crippen molar-refractivity contribution in [2.24, 2.45) is 0 Å². The van der Waals surface area contributed by atoms with Crippen LogP contribution in [0.15, 0.2) is 48.5 Å². The Kier molecular flexibility index (Phi) is 5.80. The molecule has 120 valence electrons. The molecule has 0 aliphatic rings. The number of benzene rings is 2. The SMILES string of the molecule is CCOc1cc(/C=C/C(=O)OC)ccc1-c1ccc(OC)cc1. The summed E-state index contributed by atoms with van der Waals surface area (Å²) in [5, 5.41) is 0. The molecule has 0 aliphatic heterocycles. The van der Waals surface area contributed by atoms with E-state index in [1.165, 1.54) is 13.2 Å². The number of esters is 1. The van der Waals surface area contributed by atoms with Crippen LogP contribution in [0.1, 0.15) is 12.5 Å². The second-order valence-electron chi connectivity index (χ2n) is 4.77. The van der Waals surface area contributed by atoms with E-state index >= 15 is 0 Å². The Morgan fingerprint density at radius 2 is 1.83 bits per heavy atom. The maximum absolute atomic E-state index is 11.2. The summed E-state index contributed by atoms with van der Waals surface area (Å²) in [5.41, 5.74) is 2.90. The van der Waals surface area contributed by atoms with Crippen LogP contribution in [0.2, 0.25) is 0 Å². The summed E-state index contributed by atoms with van der Waals surface area (Å²) >= 11 is 0. The Morgan fingerprint density at radius 1 is 1.09 bits per heavy atom. The van der Waals surface area contributed by atoms with E-state index in [9.17, 15) is 4.79 Å². The molecular weight excluding hydrogens is 292 g/mol. The molecule has 0 fully saturated rings. The summed E-state index contributed by atoms with van der Waals surface area (Å²) < 4.78 is 15.5. The second-order valence-corrected chi connectivity index (χ2v) is 4.77. The Morgan fingerprint density at radius 3 is 2.43 bits per heavy atom. The van der Waals surface area contributed by atoms with Crippen LogP contribution in [0.4, 0.5) is 0 Å². The fraction of sp³-hybridized carbons (Fsp3) is 0.211. The van der Waals surface area contributed by atoms with Crippen LogP contribution in [0.25, 0.3) is 17.2 Å². The van der Waals surface area contributed by atoms with Gasteiger partial charge in [0.15, 0.2) is 0 Å². The molecule has 0 saturated heterocycles. The maximum Gasteiger partial charge on any atom is 0.330 e. The molecule has 0 atom stereocenters. The minimum atomic E-state index is -0.387. The topological polar surface area (TPSA) is 44.8 Å². The number of hydrogen-bond acceptors (Lipinski definition) is 4. The molecule has 0 unspecified atom stereocenters. The molecule has 0 N–H and O–H groups in total. The van der Waals surface area contributed by atoms with E-state index in [-0.39, 0.29) is 5.97 Å². The number of carbonyl (C=O) groups is 1. The number of hydrogen-bond donors (Lipinski definition) is 0. The number of rotatable bonds is 6. The van der Waals surface area contributed by atoms with E-state index in [1.54, 1.807) is 13.2 Å². The lowest BCUT2D eigenvalue weighted by molar-refractivity contribution is -0.134. The number of methoxy groups -OCH3 is 2. The van der Waals surface area contributed by atoms with Crippen molar-refractivity contribution in [2.75, 3.05) is 20.8 Å². The van der Waals surface area contributed by atoms with E-state index in [0.29, 0.717) is 6.61 Å². The Bertz CT molecular complexity index is 687. The first-order chi connectivity index (χ1) is 11.2. The zero-order chi connectivity index (χ0) is 16.7. The lowest BCUT2D eigenvalue weighted by Crippen LogP contribution is -1.96. The van der Waals surface area contributed by atoms with Crippen molar-refractivity contribution in [1.29, 1.82) is 0 Å². The van der Waals surface area contributed by atoms with Crippen molar-refractivity contribution in [1.82, 2.24) is 0 Å². The third kappa shape index (κ3) is 4.36. The lowest BCUT2D eigenvalue weighted by Gasteiger charge is -2.12. The van der Waals surface area contributed by atoms with Gasteiger partial charge in [-0.2, -0.15) is 0 Å². The van der Waals surface area contributed by atoms with E-state index in [1.807, 2.05) is 49.4 Å². The van der Waals surface area contributed by atoms with E-state index in [2.05, 4.69) is 4.74 Å². The molecule has 4 heteroatoms. The molecule has 4 nitrogen and oxygen atoms in total. The first-order valence-corrected chi connectivity index (χ1v) is 7.35. The molecule has 0 bridgehead atoms.